The van der Waals surface area contributed by atoms with Crippen LogP contribution < -0.4 is 0 Å². The summed E-state index contributed by atoms with van der Waals surface area (Å²) < 4.78 is 2.43. The van der Waals surface area contributed by atoms with E-state index in [1.807, 2.05) is 18.2 Å². The Balaban J connectivity index is 1.14. The van der Waals surface area contributed by atoms with Crippen molar-refractivity contribution in [2.75, 3.05) is 0 Å². The molecule has 8 aromatic carbocycles. The van der Waals surface area contributed by atoms with E-state index in [4.69, 9.17) is 15.0 Å². The molecule has 0 unspecified atom stereocenters. The maximum Gasteiger partial charge on any atom is 0.165 e. The summed E-state index contributed by atoms with van der Waals surface area (Å²) in [4.78, 5) is 15.9. The molecule has 0 saturated carbocycles. The van der Waals surface area contributed by atoms with Gasteiger partial charge in [0.15, 0.2) is 17.5 Å². The fraction of sp³-hybridized carbons (Fsp3) is 0.0192. The Labute approximate surface area is 328 Å². The van der Waals surface area contributed by atoms with Crippen LogP contribution >= 0.6 is 11.3 Å². The first-order chi connectivity index (χ1) is 27.8. The lowest BCUT2D eigenvalue weighted by molar-refractivity contribution is 0.796. The van der Waals surface area contributed by atoms with E-state index in [0.717, 1.165) is 22.3 Å². The highest BCUT2D eigenvalue weighted by Crippen LogP contribution is 2.64. The van der Waals surface area contributed by atoms with Crippen LogP contribution in [0.3, 0.4) is 0 Å². The molecule has 0 amide bonds. The lowest BCUT2D eigenvalue weighted by Crippen LogP contribution is -2.26. The Hall–Kier alpha value is -7.01. The van der Waals surface area contributed by atoms with Crippen molar-refractivity contribution in [2.24, 2.45) is 0 Å². The summed E-state index contributed by atoms with van der Waals surface area (Å²) in [5.74, 6) is 1.97. The molecule has 56 heavy (non-hydrogen) atoms. The summed E-state index contributed by atoms with van der Waals surface area (Å²) in [6.07, 6.45) is 0. The van der Waals surface area contributed by atoms with Crippen LogP contribution in [0.15, 0.2) is 188 Å². The van der Waals surface area contributed by atoms with Crippen molar-refractivity contribution >= 4 is 31.5 Å². The fourth-order valence-electron chi connectivity index (χ4n) is 9.55. The highest BCUT2D eigenvalue weighted by Gasteiger charge is 2.52. The molecule has 2 heterocycles. The van der Waals surface area contributed by atoms with Gasteiger partial charge in [-0.05, 0) is 67.8 Å². The van der Waals surface area contributed by atoms with Crippen LogP contribution in [0.25, 0.3) is 87.7 Å². The van der Waals surface area contributed by atoms with Crippen molar-refractivity contribution < 1.29 is 0 Å². The fourth-order valence-corrected chi connectivity index (χ4v) is 10.8. The van der Waals surface area contributed by atoms with Gasteiger partial charge in [0.1, 0.15) is 0 Å². The first-order valence-electron chi connectivity index (χ1n) is 19.0. The van der Waals surface area contributed by atoms with Crippen molar-refractivity contribution in [1.29, 1.82) is 0 Å². The molecule has 12 rings (SSSR count). The van der Waals surface area contributed by atoms with Gasteiger partial charge >= 0.3 is 0 Å². The Morgan fingerprint density at radius 1 is 0.321 bits per heavy atom. The molecule has 0 bridgehead atoms. The topological polar surface area (TPSA) is 38.7 Å². The SMILES string of the molecule is c1ccc(-c2nc(-c3ccccc3-c3cccc4c3C3(c5ccccc5-c5ccccc53)c3ccccc3-4)nc(-c3cccc4c3sc3ccccc34)n2)cc1. The monoisotopic (exact) mass is 729 g/mol. The molecule has 4 heteroatoms. The average Bonchev–Trinajstić information content (AvgIpc) is 3.91. The normalized spacial score (nSPS) is 13.1. The number of fused-ring (bicyclic) bond motifs is 13. The molecule has 3 nitrogen and oxygen atoms in total. The van der Waals surface area contributed by atoms with Crippen LogP contribution in [0.2, 0.25) is 0 Å². The summed E-state index contributed by atoms with van der Waals surface area (Å²) in [7, 11) is 0. The maximum atomic E-state index is 5.38. The van der Waals surface area contributed by atoms with Crippen LogP contribution in [0.4, 0.5) is 0 Å². The zero-order chi connectivity index (χ0) is 36.8. The number of hydrogen-bond donors (Lipinski definition) is 0. The molecule has 0 atom stereocenters. The van der Waals surface area contributed by atoms with E-state index in [0.29, 0.717) is 17.5 Å². The van der Waals surface area contributed by atoms with Gasteiger partial charge in [-0.25, -0.2) is 15.0 Å². The first kappa shape index (κ1) is 31.4. The summed E-state index contributed by atoms with van der Waals surface area (Å²) in [6, 6.07) is 67.8. The summed E-state index contributed by atoms with van der Waals surface area (Å²) in [5.41, 5.74) is 15.1. The number of benzene rings is 8. The van der Waals surface area contributed by atoms with Crippen LogP contribution in [0.5, 0.6) is 0 Å². The standard InChI is InChI=1S/C52H31N3S/c1-2-16-32(17-3-1)49-53-50(55-51(54-49)42-27-15-26-40-37-22-9-13-31-46(37)56-48(40)42)41-23-5-4-18-33(41)38-24-14-25-39-36-21-8-12-30-45(36)52(47(38)39)43-28-10-6-19-34(43)35-20-7-11-29-44(35)52/h1-31H. The molecule has 0 fully saturated rings. The van der Waals surface area contributed by atoms with Crippen molar-refractivity contribution in [3.63, 3.8) is 0 Å². The minimum absolute atomic E-state index is 0.487. The van der Waals surface area contributed by atoms with Gasteiger partial charge < -0.3 is 0 Å². The van der Waals surface area contributed by atoms with Crippen LogP contribution in [0, 0.1) is 0 Å². The third-order valence-electron chi connectivity index (χ3n) is 11.8. The van der Waals surface area contributed by atoms with Gasteiger partial charge in [-0.2, -0.15) is 0 Å². The molecule has 1 spiro atoms. The minimum Gasteiger partial charge on any atom is -0.208 e. The third kappa shape index (κ3) is 4.30. The predicted octanol–water partition coefficient (Wildman–Crippen LogP) is 13.3. The largest absolute Gasteiger partial charge is 0.208 e. The smallest absolute Gasteiger partial charge is 0.165 e. The quantitative estimate of drug-likeness (QED) is 0.181. The second kappa shape index (κ2) is 12.0. The molecule has 260 valence electrons. The molecule has 10 aromatic rings. The number of hydrogen-bond acceptors (Lipinski definition) is 4. The molecule has 2 aliphatic rings. The summed E-state index contributed by atoms with van der Waals surface area (Å²) >= 11 is 1.79. The van der Waals surface area contributed by atoms with E-state index in [-0.39, 0.29) is 0 Å². The van der Waals surface area contributed by atoms with Crippen molar-refractivity contribution in [2.45, 2.75) is 5.41 Å². The maximum absolute atomic E-state index is 5.38. The molecule has 0 radical (unpaired) electrons. The van der Waals surface area contributed by atoms with Crippen molar-refractivity contribution in [3.8, 4) is 67.5 Å². The average molecular weight is 730 g/mol. The zero-order valence-corrected chi connectivity index (χ0v) is 31.0. The molecular weight excluding hydrogens is 699 g/mol. The van der Waals surface area contributed by atoms with Gasteiger partial charge in [0.05, 0.1) is 5.41 Å². The predicted molar refractivity (Wildman–Crippen MR) is 231 cm³/mol. The molecule has 0 saturated heterocycles. The Morgan fingerprint density at radius 3 is 1.46 bits per heavy atom. The second-order valence-electron chi connectivity index (χ2n) is 14.6. The minimum atomic E-state index is -0.487. The number of rotatable bonds is 4. The lowest BCUT2D eigenvalue weighted by atomic mass is 9.68. The van der Waals surface area contributed by atoms with Crippen LogP contribution in [0.1, 0.15) is 22.3 Å². The highest BCUT2D eigenvalue weighted by molar-refractivity contribution is 7.26. The Kier molecular flexibility index (Phi) is 6.72. The van der Waals surface area contributed by atoms with Crippen molar-refractivity contribution in [3.05, 3.63) is 210 Å². The van der Waals surface area contributed by atoms with E-state index >= 15 is 0 Å². The highest BCUT2D eigenvalue weighted by atomic mass is 32.1. The first-order valence-corrected chi connectivity index (χ1v) is 19.9. The number of nitrogens with zero attached hydrogens (tertiary/aromatic N) is 3. The third-order valence-corrected chi connectivity index (χ3v) is 13.0. The molecule has 0 aliphatic heterocycles. The van der Waals surface area contributed by atoms with Gasteiger partial charge in [-0.1, -0.05) is 176 Å². The van der Waals surface area contributed by atoms with Crippen LogP contribution in [-0.2, 0) is 5.41 Å². The van der Waals surface area contributed by atoms with E-state index in [9.17, 15) is 0 Å². The molecular formula is C52H31N3S. The van der Waals surface area contributed by atoms with Gasteiger partial charge in [-0.3, -0.25) is 0 Å². The number of aromatic nitrogens is 3. The Morgan fingerprint density at radius 2 is 0.768 bits per heavy atom. The van der Waals surface area contributed by atoms with E-state index in [1.54, 1.807) is 11.3 Å². The summed E-state index contributed by atoms with van der Waals surface area (Å²) in [6.45, 7) is 0. The lowest BCUT2D eigenvalue weighted by Gasteiger charge is -2.32. The van der Waals surface area contributed by atoms with Gasteiger partial charge in [0, 0.05) is 36.9 Å². The van der Waals surface area contributed by atoms with E-state index < -0.39 is 5.41 Å². The van der Waals surface area contributed by atoms with Crippen molar-refractivity contribution in [1.82, 2.24) is 15.0 Å². The van der Waals surface area contributed by atoms with E-state index in [1.165, 1.54) is 70.2 Å². The zero-order valence-electron chi connectivity index (χ0n) is 30.1. The number of thiophene rings is 1. The van der Waals surface area contributed by atoms with Gasteiger partial charge in [-0.15, -0.1) is 11.3 Å². The Bertz CT molecular complexity index is 3150. The van der Waals surface area contributed by atoms with E-state index in [2.05, 4.69) is 170 Å². The molecule has 0 N–H and O–H groups in total. The van der Waals surface area contributed by atoms with Gasteiger partial charge in [0.25, 0.3) is 0 Å². The summed E-state index contributed by atoms with van der Waals surface area (Å²) in [5, 5.41) is 2.47. The van der Waals surface area contributed by atoms with Crippen LogP contribution in [-0.4, -0.2) is 15.0 Å². The van der Waals surface area contributed by atoms with Gasteiger partial charge in [0.2, 0.25) is 0 Å². The second-order valence-corrected chi connectivity index (χ2v) is 15.7. The molecule has 2 aromatic heterocycles. The molecule has 2 aliphatic carbocycles.